The van der Waals surface area contributed by atoms with Crippen LogP contribution in [0.2, 0.25) is 15.1 Å². The van der Waals surface area contributed by atoms with Crippen LogP contribution in [0.4, 0.5) is 5.13 Å². The van der Waals surface area contributed by atoms with E-state index in [1.165, 1.54) is 17.9 Å². The second-order valence-electron chi connectivity index (χ2n) is 7.53. The molecule has 0 radical (unpaired) electrons. The molecule has 0 bridgehead atoms. The van der Waals surface area contributed by atoms with Crippen LogP contribution in [0.25, 0.3) is 11.0 Å². The van der Waals surface area contributed by atoms with Gasteiger partial charge in [-0.25, -0.2) is 4.98 Å². The van der Waals surface area contributed by atoms with Crippen LogP contribution in [0.1, 0.15) is 50.0 Å². The standard InChI is InChI=1S/C23H13Cl3N2O4S/c1-9-21(10(2)29)33-23(27-9)28-18(11-3-5-14(25)15(26)7-11)17-19(30)13-8-12(24)4-6-16(13)32-20(17)22(28)31/h3-8,18H,1-2H3. The number of rotatable bonds is 3. The number of aromatic nitrogens is 1. The highest BCUT2D eigenvalue weighted by Gasteiger charge is 2.45. The summed E-state index contributed by atoms with van der Waals surface area (Å²) in [5, 5.41) is 1.48. The molecule has 166 valence electrons. The van der Waals surface area contributed by atoms with Crippen LogP contribution in [0.3, 0.4) is 0 Å². The van der Waals surface area contributed by atoms with Crippen LogP contribution < -0.4 is 10.3 Å². The molecule has 3 heterocycles. The Balaban J connectivity index is 1.82. The Morgan fingerprint density at radius 1 is 1.09 bits per heavy atom. The fourth-order valence-corrected chi connectivity index (χ4v) is 5.42. The lowest BCUT2D eigenvalue weighted by Gasteiger charge is -2.22. The van der Waals surface area contributed by atoms with E-state index < -0.39 is 11.9 Å². The highest BCUT2D eigenvalue weighted by Crippen LogP contribution is 2.44. The van der Waals surface area contributed by atoms with Crippen LogP contribution in [0.15, 0.2) is 45.6 Å². The van der Waals surface area contributed by atoms with Gasteiger partial charge in [-0.15, -0.1) is 0 Å². The zero-order valence-electron chi connectivity index (χ0n) is 17.1. The molecule has 6 nitrogen and oxygen atoms in total. The summed E-state index contributed by atoms with van der Waals surface area (Å²) in [7, 11) is 0. The lowest BCUT2D eigenvalue weighted by Crippen LogP contribution is -2.29. The van der Waals surface area contributed by atoms with Crippen LogP contribution in [-0.2, 0) is 0 Å². The number of anilines is 1. The van der Waals surface area contributed by atoms with E-state index in [-0.39, 0.29) is 43.7 Å². The minimum atomic E-state index is -0.882. The van der Waals surface area contributed by atoms with Crippen molar-refractivity contribution in [2.45, 2.75) is 19.9 Å². The van der Waals surface area contributed by atoms with Gasteiger partial charge in [0, 0.05) is 11.9 Å². The van der Waals surface area contributed by atoms with Gasteiger partial charge in [0.2, 0.25) is 5.76 Å². The number of carbonyl (C=O) groups is 2. The molecule has 0 aliphatic carbocycles. The predicted octanol–water partition coefficient (Wildman–Crippen LogP) is 6.47. The lowest BCUT2D eigenvalue weighted by atomic mass is 9.99. The van der Waals surface area contributed by atoms with E-state index in [9.17, 15) is 14.4 Å². The molecule has 0 saturated carbocycles. The van der Waals surface area contributed by atoms with Gasteiger partial charge in [0.25, 0.3) is 5.91 Å². The van der Waals surface area contributed by atoms with Gasteiger partial charge in [-0.05, 0) is 42.8 Å². The predicted molar refractivity (Wildman–Crippen MR) is 129 cm³/mol. The van der Waals surface area contributed by atoms with Crippen molar-refractivity contribution in [3.8, 4) is 0 Å². The van der Waals surface area contributed by atoms with Gasteiger partial charge in [0.15, 0.2) is 16.3 Å². The molecule has 0 saturated heterocycles. The number of carbonyl (C=O) groups excluding carboxylic acids is 2. The molecule has 0 fully saturated rings. The van der Waals surface area contributed by atoms with Crippen molar-refractivity contribution < 1.29 is 14.0 Å². The zero-order valence-corrected chi connectivity index (χ0v) is 20.2. The third-order valence-corrected chi connectivity index (χ3v) is 7.63. The van der Waals surface area contributed by atoms with Crippen LogP contribution in [-0.4, -0.2) is 16.7 Å². The number of benzene rings is 2. The largest absolute Gasteiger partial charge is 0.450 e. The number of hydrogen-bond donors (Lipinski definition) is 0. The maximum Gasteiger partial charge on any atom is 0.297 e. The number of nitrogens with zero attached hydrogens (tertiary/aromatic N) is 2. The smallest absolute Gasteiger partial charge is 0.297 e. The summed E-state index contributed by atoms with van der Waals surface area (Å²) in [5.74, 6) is -0.803. The zero-order chi connectivity index (χ0) is 23.6. The van der Waals surface area contributed by atoms with Gasteiger partial charge in [-0.1, -0.05) is 52.2 Å². The molecule has 33 heavy (non-hydrogen) atoms. The SMILES string of the molecule is CC(=O)c1sc(N2C(=O)c3oc4ccc(Cl)cc4c(=O)c3C2c2ccc(Cl)c(Cl)c2)nc1C. The average molecular weight is 520 g/mol. The molecule has 1 aliphatic heterocycles. The Morgan fingerprint density at radius 3 is 2.52 bits per heavy atom. The van der Waals surface area contributed by atoms with Crippen molar-refractivity contribution in [2.75, 3.05) is 4.90 Å². The highest BCUT2D eigenvalue weighted by atomic mass is 35.5. The average Bonchev–Trinajstić information content (AvgIpc) is 3.28. The monoisotopic (exact) mass is 518 g/mol. The van der Waals surface area contributed by atoms with Crippen LogP contribution in [0.5, 0.6) is 0 Å². The molecule has 1 amide bonds. The molecular weight excluding hydrogens is 507 g/mol. The van der Waals surface area contributed by atoms with Gasteiger partial charge in [-0.2, -0.15) is 0 Å². The Kier molecular flexibility index (Phi) is 5.33. The van der Waals surface area contributed by atoms with Crippen LogP contribution in [0, 0.1) is 6.92 Å². The van der Waals surface area contributed by atoms with E-state index in [1.54, 1.807) is 37.3 Å². The fourth-order valence-electron chi connectivity index (χ4n) is 3.95. The summed E-state index contributed by atoms with van der Waals surface area (Å²) in [6.07, 6.45) is 0. The Morgan fingerprint density at radius 2 is 1.85 bits per heavy atom. The van der Waals surface area contributed by atoms with Gasteiger partial charge >= 0.3 is 0 Å². The van der Waals surface area contributed by atoms with Gasteiger partial charge < -0.3 is 4.42 Å². The molecule has 0 spiro atoms. The van der Waals surface area contributed by atoms with E-state index in [1.807, 2.05) is 0 Å². The molecule has 10 heteroatoms. The molecule has 4 aromatic rings. The Bertz CT molecular complexity index is 1560. The van der Waals surface area contributed by atoms with Crippen molar-refractivity contribution in [3.63, 3.8) is 0 Å². The molecule has 1 unspecified atom stereocenters. The quantitative estimate of drug-likeness (QED) is 0.290. The van der Waals surface area contributed by atoms with E-state index in [0.717, 1.165) is 11.3 Å². The van der Waals surface area contributed by atoms with Crippen molar-refractivity contribution in [2.24, 2.45) is 0 Å². The third kappa shape index (κ3) is 3.47. The number of Topliss-reactive ketones (excluding diaryl/α,β-unsaturated/α-hetero) is 1. The minimum absolute atomic E-state index is 0.0943. The van der Waals surface area contributed by atoms with Crippen molar-refractivity contribution in [3.05, 3.63) is 89.1 Å². The van der Waals surface area contributed by atoms with E-state index in [4.69, 9.17) is 39.2 Å². The number of ketones is 1. The summed E-state index contributed by atoms with van der Waals surface area (Å²) in [6.45, 7) is 3.13. The molecule has 0 N–H and O–H groups in total. The van der Waals surface area contributed by atoms with Crippen LogP contribution >= 0.6 is 46.1 Å². The number of halogens is 3. The molecular formula is C23H13Cl3N2O4S. The molecule has 2 aromatic heterocycles. The first-order valence-corrected chi connectivity index (χ1v) is 11.7. The Labute approximate surface area is 206 Å². The van der Waals surface area contributed by atoms with E-state index >= 15 is 0 Å². The van der Waals surface area contributed by atoms with Crippen molar-refractivity contribution in [1.82, 2.24) is 4.98 Å². The molecule has 5 rings (SSSR count). The van der Waals surface area contributed by atoms with E-state index in [2.05, 4.69) is 4.98 Å². The number of amides is 1. The number of aryl methyl sites for hydroxylation is 1. The number of thiazole rings is 1. The van der Waals surface area contributed by atoms with E-state index in [0.29, 0.717) is 26.2 Å². The molecule has 1 atom stereocenters. The third-order valence-electron chi connectivity index (χ3n) is 5.40. The summed E-state index contributed by atoms with van der Waals surface area (Å²) in [6, 6.07) is 8.62. The first-order valence-electron chi connectivity index (χ1n) is 9.70. The van der Waals surface area contributed by atoms with Crippen molar-refractivity contribution in [1.29, 1.82) is 0 Å². The summed E-state index contributed by atoms with van der Waals surface area (Å²) >= 11 is 19.5. The Hall–Kier alpha value is -2.71. The van der Waals surface area contributed by atoms with Gasteiger partial charge in [-0.3, -0.25) is 19.3 Å². The van der Waals surface area contributed by atoms with Gasteiger partial charge in [0.1, 0.15) is 5.58 Å². The number of fused-ring (bicyclic) bond motifs is 2. The van der Waals surface area contributed by atoms with Crippen molar-refractivity contribution >= 4 is 73.9 Å². The second kappa shape index (κ2) is 7.95. The topological polar surface area (TPSA) is 80.5 Å². The molecule has 1 aliphatic rings. The minimum Gasteiger partial charge on any atom is -0.450 e. The second-order valence-corrected chi connectivity index (χ2v) is 9.76. The summed E-state index contributed by atoms with van der Waals surface area (Å²) in [4.78, 5) is 45.4. The number of hydrogen-bond acceptors (Lipinski definition) is 6. The normalized spacial score (nSPS) is 15.4. The fraction of sp³-hybridized carbons (Fsp3) is 0.130. The molecule has 2 aromatic carbocycles. The highest BCUT2D eigenvalue weighted by molar-refractivity contribution is 7.17. The first kappa shape index (κ1) is 22.1. The van der Waals surface area contributed by atoms with Gasteiger partial charge in [0.05, 0.1) is 37.6 Å². The first-order chi connectivity index (χ1) is 15.7. The maximum absolute atomic E-state index is 13.6. The maximum atomic E-state index is 13.6. The lowest BCUT2D eigenvalue weighted by molar-refractivity contribution is 0.0969. The summed E-state index contributed by atoms with van der Waals surface area (Å²) < 4.78 is 5.90. The summed E-state index contributed by atoms with van der Waals surface area (Å²) in [5.41, 5.74) is 1.04.